The van der Waals surface area contributed by atoms with Crippen LogP contribution in [-0.2, 0) is 6.54 Å². The van der Waals surface area contributed by atoms with E-state index in [0.29, 0.717) is 0 Å². The molecule has 0 saturated heterocycles. The highest BCUT2D eigenvalue weighted by atomic mass is 15.1. The third kappa shape index (κ3) is 3.76. The van der Waals surface area contributed by atoms with E-state index in [1.165, 1.54) is 54.6 Å². The van der Waals surface area contributed by atoms with Gasteiger partial charge in [-0.25, -0.2) is 4.98 Å². The van der Waals surface area contributed by atoms with Gasteiger partial charge in [0.1, 0.15) is 5.82 Å². The number of aryl methyl sites for hydroxylation is 1. The molecule has 0 atom stereocenters. The Labute approximate surface area is 239 Å². The summed E-state index contributed by atoms with van der Waals surface area (Å²) in [4.78, 5) is 5.16. The molecule has 0 unspecified atom stereocenters. The summed E-state index contributed by atoms with van der Waals surface area (Å²) >= 11 is 0. The molecule has 1 heterocycles. The van der Waals surface area contributed by atoms with Crippen molar-refractivity contribution in [1.82, 2.24) is 9.55 Å². The largest absolute Gasteiger partial charge is 0.324 e. The SMILES string of the molecule is CCn1c(-c2ccccc2)nc2cc(-c3c4ccccc4c(-c4ccc5ccccc5c4)c4ccccc34)ccc21. The van der Waals surface area contributed by atoms with Gasteiger partial charge in [0.2, 0.25) is 0 Å². The quantitative estimate of drug-likeness (QED) is 0.209. The molecule has 0 amide bonds. The maximum atomic E-state index is 5.16. The van der Waals surface area contributed by atoms with Gasteiger partial charge in [-0.15, -0.1) is 0 Å². The molecular formula is C39H28N2. The van der Waals surface area contributed by atoms with Gasteiger partial charge in [-0.05, 0) is 79.7 Å². The number of nitrogens with zero attached hydrogens (tertiary/aromatic N) is 2. The first-order valence-corrected chi connectivity index (χ1v) is 14.3. The zero-order valence-electron chi connectivity index (χ0n) is 22.9. The predicted octanol–water partition coefficient (Wildman–Crippen LogP) is 10.5. The van der Waals surface area contributed by atoms with Crippen LogP contribution in [0.4, 0.5) is 0 Å². The smallest absolute Gasteiger partial charge is 0.141 e. The van der Waals surface area contributed by atoms with Gasteiger partial charge < -0.3 is 4.57 Å². The zero-order chi connectivity index (χ0) is 27.3. The molecule has 0 spiro atoms. The molecule has 0 N–H and O–H groups in total. The number of benzene rings is 7. The monoisotopic (exact) mass is 524 g/mol. The van der Waals surface area contributed by atoms with Gasteiger partial charge in [0.15, 0.2) is 0 Å². The highest BCUT2D eigenvalue weighted by molar-refractivity contribution is 6.22. The summed E-state index contributed by atoms with van der Waals surface area (Å²) in [6.45, 7) is 3.06. The Balaban J connectivity index is 1.41. The highest BCUT2D eigenvalue weighted by Crippen LogP contribution is 2.44. The van der Waals surface area contributed by atoms with Crippen molar-refractivity contribution in [3.8, 4) is 33.6 Å². The van der Waals surface area contributed by atoms with Crippen molar-refractivity contribution in [3.63, 3.8) is 0 Å². The number of hydrogen-bond donors (Lipinski definition) is 0. The second-order valence-electron chi connectivity index (χ2n) is 10.7. The summed E-state index contributed by atoms with van der Waals surface area (Å²) in [6.07, 6.45) is 0. The molecular weight excluding hydrogens is 496 g/mol. The molecule has 41 heavy (non-hydrogen) atoms. The second-order valence-corrected chi connectivity index (χ2v) is 10.7. The lowest BCUT2D eigenvalue weighted by Crippen LogP contribution is -1.97. The fourth-order valence-electron chi connectivity index (χ4n) is 6.51. The molecule has 0 fully saturated rings. The van der Waals surface area contributed by atoms with Crippen molar-refractivity contribution in [2.24, 2.45) is 0 Å². The molecule has 0 radical (unpaired) electrons. The molecule has 0 bridgehead atoms. The molecule has 2 heteroatoms. The predicted molar refractivity (Wildman–Crippen MR) is 174 cm³/mol. The number of fused-ring (bicyclic) bond motifs is 4. The van der Waals surface area contributed by atoms with Crippen LogP contribution in [0.5, 0.6) is 0 Å². The maximum absolute atomic E-state index is 5.16. The van der Waals surface area contributed by atoms with Gasteiger partial charge in [-0.1, -0.05) is 121 Å². The summed E-state index contributed by atoms with van der Waals surface area (Å²) in [5, 5.41) is 7.56. The van der Waals surface area contributed by atoms with Gasteiger partial charge in [0.05, 0.1) is 11.0 Å². The van der Waals surface area contributed by atoms with E-state index in [1.807, 2.05) is 0 Å². The third-order valence-corrected chi connectivity index (χ3v) is 8.35. The van der Waals surface area contributed by atoms with Gasteiger partial charge in [-0.2, -0.15) is 0 Å². The first-order chi connectivity index (χ1) is 20.3. The molecule has 8 aromatic rings. The minimum Gasteiger partial charge on any atom is -0.324 e. The van der Waals surface area contributed by atoms with E-state index >= 15 is 0 Å². The molecule has 0 aliphatic carbocycles. The Bertz CT molecular complexity index is 2180. The third-order valence-electron chi connectivity index (χ3n) is 8.35. The van der Waals surface area contributed by atoms with Gasteiger partial charge in [0, 0.05) is 12.1 Å². The molecule has 7 aromatic carbocycles. The Morgan fingerprint density at radius 2 is 1.02 bits per heavy atom. The van der Waals surface area contributed by atoms with Gasteiger partial charge >= 0.3 is 0 Å². The first kappa shape index (κ1) is 23.7. The average molecular weight is 525 g/mol. The Kier molecular flexibility index (Phi) is 5.46. The molecule has 8 rings (SSSR count). The summed E-state index contributed by atoms with van der Waals surface area (Å²) in [5.74, 6) is 1.02. The Hall–Kier alpha value is -5.21. The summed E-state index contributed by atoms with van der Waals surface area (Å²) in [5.41, 5.74) is 8.31. The van der Waals surface area contributed by atoms with Crippen molar-refractivity contribution >= 4 is 43.4 Å². The average Bonchev–Trinajstić information content (AvgIpc) is 3.41. The maximum Gasteiger partial charge on any atom is 0.141 e. The highest BCUT2D eigenvalue weighted by Gasteiger charge is 2.18. The van der Waals surface area contributed by atoms with Crippen molar-refractivity contribution in [1.29, 1.82) is 0 Å². The molecule has 2 nitrogen and oxygen atoms in total. The van der Waals surface area contributed by atoms with Crippen LogP contribution in [-0.4, -0.2) is 9.55 Å². The molecule has 0 aliphatic rings. The van der Waals surface area contributed by atoms with Crippen LogP contribution in [0.3, 0.4) is 0 Å². The van der Waals surface area contributed by atoms with Crippen LogP contribution < -0.4 is 0 Å². The minimum atomic E-state index is 0.867. The van der Waals surface area contributed by atoms with Crippen molar-refractivity contribution in [2.45, 2.75) is 13.5 Å². The van der Waals surface area contributed by atoms with E-state index in [9.17, 15) is 0 Å². The number of aromatic nitrogens is 2. The van der Waals surface area contributed by atoms with E-state index in [1.54, 1.807) is 0 Å². The Morgan fingerprint density at radius 1 is 0.488 bits per heavy atom. The lowest BCUT2D eigenvalue weighted by Gasteiger charge is -2.18. The number of rotatable bonds is 4. The fourth-order valence-corrected chi connectivity index (χ4v) is 6.51. The van der Waals surface area contributed by atoms with E-state index in [0.717, 1.165) is 29.0 Å². The lowest BCUT2D eigenvalue weighted by atomic mass is 9.85. The van der Waals surface area contributed by atoms with Crippen LogP contribution in [0.1, 0.15) is 6.92 Å². The lowest BCUT2D eigenvalue weighted by molar-refractivity contribution is 0.796. The molecule has 194 valence electrons. The van der Waals surface area contributed by atoms with Crippen LogP contribution in [0, 0.1) is 0 Å². The molecule has 0 saturated carbocycles. The Morgan fingerprint density at radius 3 is 1.66 bits per heavy atom. The minimum absolute atomic E-state index is 0.867. The standard InChI is InChI=1S/C39H28N2/c1-2-41-36-23-22-30(25-35(36)40-39(41)27-13-4-3-5-14-27)38-33-18-10-8-16-31(33)37(32-17-9-11-19-34(32)38)29-21-20-26-12-6-7-15-28(26)24-29/h3-25H,2H2,1H3. The normalized spacial score (nSPS) is 11.6. The van der Waals surface area contributed by atoms with Crippen LogP contribution in [0.2, 0.25) is 0 Å². The van der Waals surface area contributed by atoms with E-state index in [4.69, 9.17) is 4.98 Å². The first-order valence-electron chi connectivity index (χ1n) is 14.3. The topological polar surface area (TPSA) is 17.8 Å². The van der Waals surface area contributed by atoms with Crippen LogP contribution in [0.15, 0.2) is 140 Å². The van der Waals surface area contributed by atoms with E-state index in [2.05, 4.69) is 151 Å². The zero-order valence-corrected chi connectivity index (χ0v) is 22.9. The van der Waals surface area contributed by atoms with Gasteiger partial charge in [0.25, 0.3) is 0 Å². The van der Waals surface area contributed by atoms with Crippen molar-refractivity contribution < 1.29 is 0 Å². The fraction of sp³-hybridized carbons (Fsp3) is 0.0513. The number of imidazole rings is 1. The molecule has 0 aliphatic heterocycles. The van der Waals surface area contributed by atoms with Crippen molar-refractivity contribution in [2.75, 3.05) is 0 Å². The van der Waals surface area contributed by atoms with Crippen LogP contribution >= 0.6 is 0 Å². The summed E-state index contributed by atoms with van der Waals surface area (Å²) in [7, 11) is 0. The number of hydrogen-bond acceptors (Lipinski definition) is 1. The van der Waals surface area contributed by atoms with E-state index in [-0.39, 0.29) is 0 Å². The summed E-state index contributed by atoms with van der Waals surface area (Å²) < 4.78 is 2.31. The second kappa shape index (κ2) is 9.46. The van der Waals surface area contributed by atoms with E-state index < -0.39 is 0 Å². The van der Waals surface area contributed by atoms with Crippen molar-refractivity contribution in [3.05, 3.63) is 140 Å². The summed E-state index contributed by atoms with van der Waals surface area (Å²) in [6, 6.07) is 50.4. The molecule has 1 aromatic heterocycles. The van der Waals surface area contributed by atoms with Crippen LogP contribution in [0.25, 0.3) is 77.0 Å². The van der Waals surface area contributed by atoms with Gasteiger partial charge in [-0.3, -0.25) is 0 Å².